The second-order valence-corrected chi connectivity index (χ2v) is 6.02. The molecule has 0 heterocycles. The standard InChI is InChI=1S/C21H24N2O4/c1-3-27-21(26)18-9-11-19(12-10-18)22-20(25)13-14-23(16(2)24)15-17-7-5-4-6-8-17/h4-12H,3,13-15H2,1-2H3,(H,22,25). The van der Waals surface area contributed by atoms with E-state index in [4.69, 9.17) is 4.74 Å². The van der Waals surface area contributed by atoms with Crippen LogP contribution in [0.15, 0.2) is 54.6 Å². The van der Waals surface area contributed by atoms with Crippen LogP contribution in [-0.2, 0) is 20.9 Å². The fourth-order valence-corrected chi connectivity index (χ4v) is 2.52. The molecule has 0 fully saturated rings. The van der Waals surface area contributed by atoms with Crippen LogP contribution in [0.4, 0.5) is 5.69 Å². The number of nitrogens with one attached hydrogen (secondary N) is 1. The number of carbonyl (C=O) groups is 3. The van der Waals surface area contributed by atoms with Gasteiger partial charge in [0.25, 0.3) is 0 Å². The Balaban J connectivity index is 1.86. The van der Waals surface area contributed by atoms with E-state index < -0.39 is 5.97 Å². The van der Waals surface area contributed by atoms with Crippen molar-refractivity contribution in [2.45, 2.75) is 26.8 Å². The zero-order chi connectivity index (χ0) is 19.6. The van der Waals surface area contributed by atoms with Gasteiger partial charge in [0.15, 0.2) is 0 Å². The molecule has 2 rings (SSSR count). The minimum absolute atomic E-state index is 0.0783. The van der Waals surface area contributed by atoms with Crippen molar-refractivity contribution in [3.63, 3.8) is 0 Å². The number of esters is 1. The first kappa shape index (κ1) is 20.2. The molecule has 0 bridgehead atoms. The van der Waals surface area contributed by atoms with E-state index in [9.17, 15) is 14.4 Å². The van der Waals surface area contributed by atoms with Crippen molar-refractivity contribution < 1.29 is 19.1 Å². The van der Waals surface area contributed by atoms with Gasteiger partial charge in [0.05, 0.1) is 12.2 Å². The lowest BCUT2D eigenvalue weighted by molar-refractivity contribution is -0.129. The average Bonchev–Trinajstić information content (AvgIpc) is 2.66. The lowest BCUT2D eigenvalue weighted by Gasteiger charge is -2.21. The predicted molar refractivity (Wildman–Crippen MR) is 103 cm³/mol. The summed E-state index contributed by atoms with van der Waals surface area (Å²) in [4.78, 5) is 37.3. The van der Waals surface area contributed by atoms with Gasteiger partial charge in [-0.05, 0) is 36.8 Å². The minimum Gasteiger partial charge on any atom is -0.462 e. The molecule has 0 saturated heterocycles. The van der Waals surface area contributed by atoms with E-state index in [1.165, 1.54) is 6.92 Å². The lowest BCUT2D eigenvalue weighted by Crippen LogP contribution is -2.31. The number of hydrogen-bond acceptors (Lipinski definition) is 4. The van der Waals surface area contributed by atoms with Crippen LogP contribution in [0.2, 0.25) is 0 Å². The molecule has 0 aliphatic heterocycles. The third kappa shape index (κ3) is 6.58. The number of amides is 2. The third-order valence-corrected chi connectivity index (χ3v) is 3.95. The highest BCUT2D eigenvalue weighted by Gasteiger charge is 2.12. The molecule has 0 atom stereocenters. The number of carbonyl (C=O) groups excluding carboxylic acids is 3. The average molecular weight is 368 g/mol. The Morgan fingerprint density at radius 2 is 1.67 bits per heavy atom. The van der Waals surface area contributed by atoms with Gasteiger partial charge in [-0.1, -0.05) is 30.3 Å². The largest absolute Gasteiger partial charge is 0.462 e. The smallest absolute Gasteiger partial charge is 0.338 e. The number of nitrogens with zero attached hydrogens (tertiary/aromatic N) is 1. The highest BCUT2D eigenvalue weighted by Crippen LogP contribution is 2.12. The van der Waals surface area contributed by atoms with Gasteiger partial charge in [-0.15, -0.1) is 0 Å². The van der Waals surface area contributed by atoms with Gasteiger partial charge >= 0.3 is 5.97 Å². The van der Waals surface area contributed by atoms with Crippen LogP contribution in [0.5, 0.6) is 0 Å². The summed E-state index contributed by atoms with van der Waals surface area (Å²) in [5.74, 6) is -0.669. The molecule has 0 spiro atoms. The number of ether oxygens (including phenoxy) is 1. The maximum atomic E-state index is 12.2. The highest BCUT2D eigenvalue weighted by atomic mass is 16.5. The molecule has 6 heteroatoms. The predicted octanol–water partition coefficient (Wildman–Crippen LogP) is 3.24. The van der Waals surface area contributed by atoms with Crippen molar-refractivity contribution in [2.24, 2.45) is 0 Å². The topological polar surface area (TPSA) is 75.7 Å². The minimum atomic E-state index is -0.395. The molecule has 0 saturated carbocycles. The molecule has 27 heavy (non-hydrogen) atoms. The van der Waals surface area contributed by atoms with Gasteiger partial charge in [-0.2, -0.15) is 0 Å². The maximum Gasteiger partial charge on any atom is 0.338 e. The van der Waals surface area contributed by atoms with Crippen molar-refractivity contribution in [2.75, 3.05) is 18.5 Å². The Morgan fingerprint density at radius 3 is 2.26 bits per heavy atom. The number of anilines is 1. The second-order valence-electron chi connectivity index (χ2n) is 6.02. The Kier molecular flexibility index (Phi) is 7.55. The van der Waals surface area contributed by atoms with Gasteiger partial charge in [0, 0.05) is 32.1 Å². The van der Waals surface area contributed by atoms with Crippen molar-refractivity contribution in [3.8, 4) is 0 Å². The number of rotatable bonds is 8. The molecule has 0 unspecified atom stereocenters. The molecule has 142 valence electrons. The molecular formula is C21H24N2O4. The van der Waals surface area contributed by atoms with Crippen LogP contribution in [0.25, 0.3) is 0 Å². The summed E-state index contributed by atoms with van der Waals surface area (Å²) in [6.45, 7) is 4.35. The summed E-state index contributed by atoms with van der Waals surface area (Å²) < 4.78 is 4.92. The molecule has 0 aliphatic carbocycles. The van der Waals surface area contributed by atoms with Gasteiger partial charge in [-0.3, -0.25) is 9.59 Å². The first-order chi connectivity index (χ1) is 13.0. The maximum absolute atomic E-state index is 12.2. The number of benzene rings is 2. The van der Waals surface area contributed by atoms with Crippen LogP contribution in [0.1, 0.15) is 36.2 Å². The van der Waals surface area contributed by atoms with E-state index in [2.05, 4.69) is 5.32 Å². The monoisotopic (exact) mass is 368 g/mol. The summed E-state index contributed by atoms with van der Waals surface area (Å²) in [5.41, 5.74) is 2.04. The van der Waals surface area contributed by atoms with Crippen LogP contribution in [0, 0.1) is 0 Å². The molecule has 0 radical (unpaired) electrons. The highest BCUT2D eigenvalue weighted by molar-refractivity contribution is 5.93. The molecule has 2 aromatic rings. The van der Waals surface area contributed by atoms with E-state index >= 15 is 0 Å². The van der Waals surface area contributed by atoms with E-state index in [-0.39, 0.29) is 18.2 Å². The Morgan fingerprint density at radius 1 is 1.00 bits per heavy atom. The quantitative estimate of drug-likeness (QED) is 0.726. The van der Waals surface area contributed by atoms with E-state index in [1.807, 2.05) is 30.3 Å². The van der Waals surface area contributed by atoms with Crippen molar-refractivity contribution in [1.29, 1.82) is 0 Å². The normalized spacial score (nSPS) is 10.1. The van der Waals surface area contributed by atoms with Crippen molar-refractivity contribution in [3.05, 3.63) is 65.7 Å². The summed E-state index contributed by atoms with van der Waals surface area (Å²) in [5, 5.41) is 2.77. The SMILES string of the molecule is CCOC(=O)c1ccc(NC(=O)CCN(Cc2ccccc2)C(C)=O)cc1. The molecule has 0 aromatic heterocycles. The van der Waals surface area contributed by atoms with Gasteiger partial charge in [0.1, 0.15) is 0 Å². The van der Waals surface area contributed by atoms with Gasteiger partial charge < -0.3 is 15.0 Å². The lowest BCUT2D eigenvalue weighted by atomic mass is 10.2. The fraction of sp³-hybridized carbons (Fsp3) is 0.286. The third-order valence-electron chi connectivity index (χ3n) is 3.95. The van der Waals surface area contributed by atoms with Crippen molar-refractivity contribution in [1.82, 2.24) is 4.90 Å². The van der Waals surface area contributed by atoms with Crippen molar-refractivity contribution >= 4 is 23.5 Å². The molecule has 1 N–H and O–H groups in total. The summed E-state index contributed by atoms with van der Waals surface area (Å²) >= 11 is 0. The molecule has 6 nitrogen and oxygen atoms in total. The second kappa shape index (κ2) is 10.1. The molecule has 0 aliphatic rings. The first-order valence-electron chi connectivity index (χ1n) is 8.86. The Labute approximate surface area is 159 Å². The molecule has 2 amide bonds. The van der Waals surface area contributed by atoms with E-state index in [0.29, 0.717) is 30.9 Å². The van der Waals surface area contributed by atoms with Crippen LogP contribution >= 0.6 is 0 Å². The number of hydrogen-bond donors (Lipinski definition) is 1. The zero-order valence-corrected chi connectivity index (χ0v) is 15.6. The van der Waals surface area contributed by atoms with Crippen LogP contribution in [0.3, 0.4) is 0 Å². The van der Waals surface area contributed by atoms with Gasteiger partial charge in [0.2, 0.25) is 11.8 Å². The summed E-state index contributed by atoms with van der Waals surface area (Å²) in [6, 6.07) is 16.1. The summed E-state index contributed by atoms with van der Waals surface area (Å²) in [6.07, 6.45) is 0.187. The van der Waals surface area contributed by atoms with E-state index in [0.717, 1.165) is 5.56 Å². The van der Waals surface area contributed by atoms with Crippen LogP contribution in [-0.4, -0.2) is 35.8 Å². The fourth-order valence-electron chi connectivity index (χ4n) is 2.52. The molecule has 2 aromatic carbocycles. The first-order valence-corrected chi connectivity index (χ1v) is 8.86. The Hall–Kier alpha value is -3.15. The summed E-state index contributed by atoms with van der Waals surface area (Å²) in [7, 11) is 0. The van der Waals surface area contributed by atoms with Gasteiger partial charge in [-0.25, -0.2) is 4.79 Å². The zero-order valence-electron chi connectivity index (χ0n) is 15.6. The van der Waals surface area contributed by atoms with Crippen LogP contribution < -0.4 is 5.32 Å². The Bertz CT molecular complexity index is 773. The molecular weight excluding hydrogens is 344 g/mol. The van der Waals surface area contributed by atoms with E-state index in [1.54, 1.807) is 36.1 Å².